The minimum atomic E-state index is -1.23. The lowest BCUT2D eigenvalue weighted by Gasteiger charge is -2.33. The average molecular weight is 838 g/mol. The molecule has 2 heterocycles. The molecule has 60 heavy (non-hydrogen) atoms. The Kier molecular flexibility index (Phi) is 18.6. The number of fused-ring (bicyclic) bond motifs is 1. The number of nitrogens with one attached hydrogen (secondary N) is 5. The molecule has 1 aromatic heterocycles. The number of carbonyl (C=O) groups is 6. The second-order valence-electron chi connectivity index (χ2n) is 16.7. The van der Waals surface area contributed by atoms with Gasteiger partial charge in [0.05, 0.1) is 0 Å². The number of amides is 5. The number of carboxylic acid groups (broad SMARTS) is 1. The van der Waals surface area contributed by atoms with Crippen molar-refractivity contribution >= 4 is 52.4 Å². The highest BCUT2D eigenvalue weighted by atomic mass is 16.4. The molecule has 5 amide bonds. The smallest absolute Gasteiger partial charge is 0.326 e. The van der Waals surface area contributed by atoms with Gasteiger partial charge in [-0.2, -0.15) is 0 Å². The summed E-state index contributed by atoms with van der Waals surface area (Å²) in [5.74, 6) is -4.54. The summed E-state index contributed by atoms with van der Waals surface area (Å²) in [5.41, 5.74) is 26.3. The normalized spacial score (nSPS) is 16.4. The third-order valence-electron chi connectivity index (χ3n) is 10.3. The van der Waals surface area contributed by atoms with Crippen LogP contribution in [0.5, 0.6) is 0 Å². The molecular formula is C40H63N13O7. The van der Waals surface area contributed by atoms with Crippen LogP contribution >= 0.6 is 0 Å². The van der Waals surface area contributed by atoms with Crippen molar-refractivity contribution in [2.45, 2.75) is 129 Å². The van der Waals surface area contributed by atoms with Gasteiger partial charge < -0.3 is 53.5 Å². The monoisotopic (exact) mass is 837 g/mol. The Labute approximate surface area is 350 Å². The number of nitrogens with two attached hydrogens (primary N) is 3. The number of para-hydroxylation sites is 1. The molecule has 3 rings (SSSR count). The lowest BCUT2D eigenvalue weighted by molar-refractivity contribution is -0.143. The van der Waals surface area contributed by atoms with Gasteiger partial charge in [0.15, 0.2) is 5.96 Å². The number of carboxylic acids is 1. The number of aliphatic carboxylic acids is 1. The zero-order chi connectivity index (χ0) is 44.6. The molecule has 12 N–H and O–H groups in total. The lowest BCUT2D eigenvalue weighted by Crippen LogP contribution is -2.61. The van der Waals surface area contributed by atoms with Crippen LogP contribution < -0.4 is 38.5 Å². The highest BCUT2D eigenvalue weighted by Gasteiger charge is 2.41. The van der Waals surface area contributed by atoms with E-state index in [0.29, 0.717) is 37.8 Å². The molecule has 1 aromatic carbocycles. The first kappa shape index (κ1) is 48.5. The predicted molar refractivity (Wildman–Crippen MR) is 227 cm³/mol. The Hall–Kier alpha value is -5.88. The number of rotatable bonds is 23. The molecule has 6 atom stereocenters. The number of H-pyrrole nitrogens is 1. The Morgan fingerprint density at radius 2 is 1.65 bits per heavy atom. The van der Waals surface area contributed by atoms with Crippen LogP contribution in [0.3, 0.4) is 0 Å². The summed E-state index contributed by atoms with van der Waals surface area (Å²) >= 11 is 0. The van der Waals surface area contributed by atoms with Crippen molar-refractivity contribution in [3.8, 4) is 0 Å². The molecule has 0 spiro atoms. The second kappa shape index (κ2) is 23.1. The molecule has 0 unspecified atom stereocenters. The molecule has 1 aliphatic heterocycles. The zero-order valence-corrected chi connectivity index (χ0v) is 35.3. The van der Waals surface area contributed by atoms with Crippen molar-refractivity contribution in [3.63, 3.8) is 0 Å². The van der Waals surface area contributed by atoms with Crippen LogP contribution in [-0.2, 0) is 35.2 Å². The number of likely N-dealkylation sites (tertiary alicyclic amines) is 1. The highest BCUT2D eigenvalue weighted by molar-refractivity contribution is 5.97. The van der Waals surface area contributed by atoms with E-state index in [2.05, 4.69) is 41.3 Å². The summed E-state index contributed by atoms with van der Waals surface area (Å²) in [6, 6.07) is 0.595. The SMILES string of the molecule is CC(C)C[C@H](NC(=O)[C@@H](NC(=O)[C@H](Cc1c[nH]c2ccccc12)NC(=O)[C@@H]1CCCN1C(=O)[C@H](CCCCN)NC(=O)[C@H](CCCN=C(N)N)N=[N+]=[N-])C(C)(C)C)C(=O)O. The van der Waals surface area contributed by atoms with Gasteiger partial charge in [0.25, 0.3) is 0 Å². The van der Waals surface area contributed by atoms with E-state index in [-0.39, 0.29) is 57.1 Å². The molecule has 2 aromatic rings. The number of aromatic amines is 1. The molecular weight excluding hydrogens is 775 g/mol. The summed E-state index contributed by atoms with van der Waals surface area (Å²) in [4.78, 5) is 93.2. The van der Waals surface area contributed by atoms with Crippen LogP contribution in [0.25, 0.3) is 21.3 Å². The molecule has 20 nitrogen and oxygen atoms in total. The Morgan fingerprint density at radius 1 is 0.950 bits per heavy atom. The number of aliphatic imine (C=N–C) groups is 1. The highest BCUT2D eigenvalue weighted by Crippen LogP contribution is 2.24. The fraction of sp³-hybridized carbons (Fsp3) is 0.625. The van der Waals surface area contributed by atoms with Crippen LogP contribution in [0.15, 0.2) is 40.6 Å². The van der Waals surface area contributed by atoms with Gasteiger partial charge in [0, 0.05) is 41.5 Å². The molecule has 1 saturated heterocycles. The molecule has 330 valence electrons. The quantitative estimate of drug-likeness (QED) is 0.0195. The van der Waals surface area contributed by atoms with E-state index < -0.39 is 77.2 Å². The molecule has 0 bridgehead atoms. The van der Waals surface area contributed by atoms with Gasteiger partial charge in [-0.1, -0.05) is 57.9 Å². The number of hydrogen-bond donors (Lipinski definition) is 9. The van der Waals surface area contributed by atoms with Gasteiger partial charge in [0.1, 0.15) is 36.3 Å². The van der Waals surface area contributed by atoms with Crippen LogP contribution in [-0.4, -0.2) is 112 Å². The van der Waals surface area contributed by atoms with Crippen molar-refractivity contribution < 1.29 is 33.9 Å². The van der Waals surface area contributed by atoms with E-state index in [1.54, 1.807) is 27.0 Å². The number of hydrogen-bond acceptors (Lipinski definition) is 9. The van der Waals surface area contributed by atoms with Gasteiger partial charge in [-0.15, -0.1) is 0 Å². The predicted octanol–water partition coefficient (Wildman–Crippen LogP) is 1.68. The Balaban J connectivity index is 1.90. The molecule has 20 heteroatoms. The fourth-order valence-electron chi connectivity index (χ4n) is 7.18. The van der Waals surface area contributed by atoms with Crippen LogP contribution in [0.4, 0.5) is 0 Å². The molecule has 0 radical (unpaired) electrons. The topological polar surface area (TPSA) is 329 Å². The van der Waals surface area contributed by atoms with Crippen LogP contribution in [0.1, 0.15) is 91.5 Å². The number of benzene rings is 1. The maximum Gasteiger partial charge on any atom is 0.326 e. The molecule has 1 aliphatic rings. The standard InChI is InChI=1S/C40H63N13O7/c1-23(2)20-30(38(59)60)49-36(57)32(40(3,4)5)50-34(55)29(21-24-22-46-26-13-7-6-12-25(24)26)48-35(56)31-16-11-19-53(31)37(58)28(14-8-9-17-41)47-33(54)27(51-52-44)15-10-18-45-39(42)43/h6-7,12-13,22-23,27-32,46H,8-11,14-21,41H2,1-5H3,(H,47,54)(H,48,56)(H,49,57)(H,50,55)(H,59,60)(H4,42,43,45)/t27-,28-,29-,30-,31-,32+/m0/s1. The van der Waals surface area contributed by atoms with Gasteiger partial charge in [-0.25, -0.2) is 4.79 Å². The zero-order valence-electron chi connectivity index (χ0n) is 35.3. The van der Waals surface area contributed by atoms with Crippen molar-refractivity contribution in [2.75, 3.05) is 19.6 Å². The number of azide groups is 1. The number of aromatic nitrogens is 1. The van der Waals surface area contributed by atoms with Gasteiger partial charge >= 0.3 is 5.97 Å². The molecule has 0 saturated carbocycles. The number of nitrogens with zero attached hydrogens (tertiary/aromatic N) is 5. The van der Waals surface area contributed by atoms with E-state index >= 15 is 0 Å². The third kappa shape index (κ3) is 14.4. The van der Waals surface area contributed by atoms with Crippen LogP contribution in [0, 0.1) is 11.3 Å². The van der Waals surface area contributed by atoms with Crippen molar-refractivity contribution in [1.29, 1.82) is 0 Å². The minimum Gasteiger partial charge on any atom is -0.480 e. The minimum absolute atomic E-state index is 0.00753. The van der Waals surface area contributed by atoms with Gasteiger partial charge in [-0.3, -0.25) is 29.0 Å². The number of guanidine groups is 1. The van der Waals surface area contributed by atoms with E-state index in [0.717, 1.165) is 10.9 Å². The van der Waals surface area contributed by atoms with E-state index in [1.807, 2.05) is 38.1 Å². The summed E-state index contributed by atoms with van der Waals surface area (Å²) in [6.45, 7) is 9.62. The number of unbranched alkanes of at least 4 members (excludes halogenated alkanes) is 1. The van der Waals surface area contributed by atoms with E-state index in [9.17, 15) is 33.9 Å². The first-order valence-corrected chi connectivity index (χ1v) is 20.5. The molecule has 1 fully saturated rings. The Morgan fingerprint density at radius 3 is 2.28 bits per heavy atom. The number of carbonyl (C=O) groups excluding carboxylic acids is 5. The van der Waals surface area contributed by atoms with Gasteiger partial charge in [0.2, 0.25) is 29.5 Å². The van der Waals surface area contributed by atoms with Gasteiger partial charge in [-0.05, 0) is 86.4 Å². The first-order valence-electron chi connectivity index (χ1n) is 20.5. The summed E-state index contributed by atoms with van der Waals surface area (Å²) in [7, 11) is 0. The van der Waals surface area contributed by atoms with E-state index in [1.165, 1.54) is 4.90 Å². The third-order valence-corrected chi connectivity index (χ3v) is 10.3. The van der Waals surface area contributed by atoms with E-state index in [4.69, 9.17) is 22.7 Å². The Bertz CT molecular complexity index is 1880. The average Bonchev–Trinajstić information content (AvgIpc) is 3.84. The summed E-state index contributed by atoms with van der Waals surface area (Å²) in [5, 5.41) is 25.2. The largest absolute Gasteiger partial charge is 0.480 e. The lowest BCUT2D eigenvalue weighted by atomic mass is 9.85. The summed E-state index contributed by atoms with van der Waals surface area (Å²) < 4.78 is 0. The van der Waals surface area contributed by atoms with Crippen molar-refractivity contribution in [2.24, 2.45) is 38.6 Å². The van der Waals surface area contributed by atoms with Crippen molar-refractivity contribution in [1.82, 2.24) is 31.2 Å². The molecule has 0 aliphatic carbocycles. The van der Waals surface area contributed by atoms with Crippen LogP contribution in [0.2, 0.25) is 0 Å². The first-order chi connectivity index (χ1) is 28.4. The maximum absolute atomic E-state index is 14.3. The van der Waals surface area contributed by atoms with Crippen molar-refractivity contribution in [3.05, 3.63) is 46.5 Å². The maximum atomic E-state index is 14.3. The summed E-state index contributed by atoms with van der Waals surface area (Å²) in [6.07, 6.45) is 4.33. The second-order valence-corrected chi connectivity index (χ2v) is 16.7. The fourth-order valence-corrected chi connectivity index (χ4v) is 7.18.